The van der Waals surface area contributed by atoms with Crippen molar-refractivity contribution in [2.45, 2.75) is 31.8 Å². The van der Waals surface area contributed by atoms with Crippen LogP contribution in [0.2, 0.25) is 0 Å². The van der Waals surface area contributed by atoms with E-state index in [1.165, 1.54) is 36.2 Å². The summed E-state index contributed by atoms with van der Waals surface area (Å²) in [6, 6.07) is 11.9. The second-order valence-electron chi connectivity index (χ2n) is 5.09. The number of pyridine rings is 1. The Balaban J connectivity index is 1.54. The van der Waals surface area contributed by atoms with Crippen LogP contribution in [0.25, 0.3) is 0 Å². The van der Waals surface area contributed by atoms with E-state index in [0.717, 1.165) is 18.2 Å². The number of hydrogen-bond donors (Lipinski definition) is 1. The molecule has 0 spiro atoms. The van der Waals surface area contributed by atoms with E-state index in [9.17, 15) is 4.39 Å². The molecule has 19 heavy (non-hydrogen) atoms. The molecule has 1 fully saturated rings. The van der Waals surface area contributed by atoms with Crippen LogP contribution in [0.4, 0.5) is 4.39 Å². The van der Waals surface area contributed by atoms with E-state index in [1.54, 1.807) is 6.07 Å². The number of aromatic nitrogens is 1. The quantitative estimate of drug-likeness (QED) is 0.887. The molecule has 1 aromatic heterocycles. The largest absolute Gasteiger partial charge is 0.307 e. The molecule has 1 heterocycles. The minimum absolute atomic E-state index is 0.291. The molecule has 3 rings (SSSR count). The Morgan fingerprint density at radius 3 is 2.79 bits per heavy atom. The molecule has 0 unspecified atom stereocenters. The minimum atomic E-state index is -0.291. The molecular formula is C16H17FN2. The Kier molecular flexibility index (Phi) is 3.56. The molecule has 0 amide bonds. The number of benzene rings is 1. The van der Waals surface area contributed by atoms with Crippen molar-refractivity contribution in [1.29, 1.82) is 0 Å². The van der Waals surface area contributed by atoms with Crippen molar-refractivity contribution < 1.29 is 4.39 Å². The van der Waals surface area contributed by atoms with Crippen LogP contribution in [-0.4, -0.2) is 4.98 Å². The van der Waals surface area contributed by atoms with Crippen molar-refractivity contribution in [3.63, 3.8) is 0 Å². The van der Waals surface area contributed by atoms with Crippen molar-refractivity contribution in [2.24, 2.45) is 0 Å². The first kappa shape index (κ1) is 12.3. The second kappa shape index (κ2) is 5.49. The fourth-order valence-corrected chi connectivity index (χ4v) is 2.22. The number of hydrogen-bond acceptors (Lipinski definition) is 2. The molecule has 1 saturated carbocycles. The molecule has 0 radical (unpaired) electrons. The maximum atomic E-state index is 12.7. The zero-order valence-corrected chi connectivity index (χ0v) is 10.8. The van der Waals surface area contributed by atoms with Crippen molar-refractivity contribution >= 4 is 0 Å². The highest BCUT2D eigenvalue weighted by atomic mass is 19.1. The third kappa shape index (κ3) is 3.38. The van der Waals surface area contributed by atoms with E-state index in [1.807, 2.05) is 0 Å². The number of nitrogens with zero attached hydrogens (tertiary/aromatic N) is 1. The lowest BCUT2D eigenvalue weighted by atomic mass is 10.1. The summed E-state index contributed by atoms with van der Waals surface area (Å²) in [7, 11) is 0. The van der Waals surface area contributed by atoms with E-state index in [4.69, 9.17) is 0 Å². The average Bonchev–Trinajstić information content (AvgIpc) is 3.26. The van der Waals surface area contributed by atoms with E-state index in [-0.39, 0.29) is 5.82 Å². The highest BCUT2D eigenvalue weighted by Gasteiger charge is 2.23. The second-order valence-corrected chi connectivity index (χ2v) is 5.09. The molecule has 0 aliphatic heterocycles. The van der Waals surface area contributed by atoms with E-state index in [0.29, 0.717) is 6.54 Å². The minimum Gasteiger partial charge on any atom is -0.307 e. The zero-order chi connectivity index (χ0) is 13.1. The third-order valence-electron chi connectivity index (χ3n) is 3.42. The topological polar surface area (TPSA) is 24.9 Å². The number of halogens is 1. The molecular weight excluding hydrogens is 239 g/mol. The molecule has 0 bridgehead atoms. The molecule has 2 aromatic rings. The lowest BCUT2D eigenvalue weighted by Crippen LogP contribution is -2.13. The Morgan fingerprint density at radius 1 is 1.16 bits per heavy atom. The Labute approximate surface area is 112 Å². The fourth-order valence-electron chi connectivity index (χ4n) is 2.22. The molecule has 1 aromatic carbocycles. The van der Waals surface area contributed by atoms with Crippen LogP contribution in [0.3, 0.4) is 0 Å². The SMILES string of the molecule is Fc1ccc(CNCc2cccc(C3CC3)c2)nc1. The highest BCUT2D eigenvalue weighted by molar-refractivity contribution is 5.29. The van der Waals surface area contributed by atoms with Gasteiger partial charge < -0.3 is 5.32 Å². The van der Waals surface area contributed by atoms with Gasteiger partial charge in [0.1, 0.15) is 5.82 Å². The van der Waals surface area contributed by atoms with Crippen molar-refractivity contribution in [1.82, 2.24) is 10.3 Å². The summed E-state index contributed by atoms with van der Waals surface area (Å²) >= 11 is 0. The number of rotatable bonds is 5. The van der Waals surface area contributed by atoms with Gasteiger partial charge in [-0.3, -0.25) is 4.98 Å². The first-order valence-corrected chi connectivity index (χ1v) is 6.71. The maximum absolute atomic E-state index is 12.7. The van der Waals surface area contributed by atoms with Gasteiger partial charge in [-0.25, -0.2) is 4.39 Å². The van der Waals surface area contributed by atoms with Crippen molar-refractivity contribution in [3.05, 3.63) is 65.2 Å². The van der Waals surface area contributed by atoms with Crippen LogP contribution in [0.5, 0.6) is 0 Å². The monoisotopic (exact) mass is 256 g/mol. The van der Waals surface area contributed by atoms with Crippen LogP contribution >= 0.6 is 0 Å². The summed E-state index contributed by atoms with van der Waals surface area (Å²) in [6.45, 7) is 1.48. The summed E-state index contributed by atoms with van der Waals surface area (Å²) < 4.78 is 12.7. The lowest BCUT2D eigenvalue weighted by molar-refractivity contribution is 0.613. The van der Waals surface area contributed by atoms with Gasteiger partial charge in [-0.1, -0.05) is 24.3 Å². The maximum Gasteiger partial charge on any atom is 0.141 e. The Hall–Kier alpha value is -1.74. The standard InChI is InChI=1S/C16H17FN2/c17-15-6-7-16(19-10-15)11-18-9-12-2-1-3-14(8-12)13-4-5-13/h1-3,6-8,10,13,18H,4-5,9,11H2. The van der Waals surface area contributed by atoms with Crippen LogP contribution in [-0.2, 0) is 13.1 Å². The summed E-state index contributed by atoms with van der Waals surface area (Å²) in [5.74, 6) is 0.500. The molecule has 3 heteroatoms. The third-order valence-corrected chi connectivity index (χ3v) is 3.42. The predicted octanol–water partition coefficient (Wildman–Crippen LogP) is 3.39. The van der Waals surface area contributed by atoms with Gasteiger partial charge in [0.05, 0.1) is 11.9 Å². The molecule has 1 aliphatic rings. The lowest BCUT2D eigenvalue weighted by Gasteiger charge is -2.06. The van der Waals surface area contributed by atoms with Gasteiger partial charge in [0.25, 0.3) is 0 Å². The Bertz CT molecular complexity index is 547. The zero-order valence-electron chi connectivity index (χ0n) is 10.8. The van der Waals surface area contributed by atoms with E-state index in [2.05, 4.69) is 34.6 Å². The molecule has 0 saturated heterocycles. The van der Waals surface area contributed by atoms with Gasteiger partial charge in [0, 0.05) is 13.1 Å². The fraction of sp³-hybridized carbons (Fsp3) is 0.312. The highest BCUT2D eigenvalue weighted by Crippen LogP contribution is 2.40. The van der Waals surface area contributed by atoms with Crippen LogP contribution in [0.15, 0.2) is 42.6 Å². The van der Waals surface area contributed by atoms with Gasteiger partial charge >= 0.3 is 0 Å². The average molecular weight is 256 g/mol. The summed E-state index contributed by atoms with van der Waals surface area (Å²) in [6.07, 6.45) is 3.91. The van der Waals surface area contributed by atoms with Crippen molar-refractivity contribution in [3.8, 4) is 0 Å². The smallest absolute Gasteiger partial charge is 0.141 e. The van der Waals surface area contributed by atoms with Crippen LogP contribution < -0.4 is 5.32 Å². The summed E-state index contributed by atoms with van der Waals surface area (Å²) in [4.78, 5) is 4.03. The van der Waals surface area contributed by atoms with Gasteiger partial charge in [0.2, 0.25) is 0 Å². The molecule has 1 aliphatic carbocycles. The normalized spacial score (nSPS) is 14.6. The van der Waals surface area contributed by atoms with Gasteiger partial charge in [-0.05, 0) is 42.0 Å². The predicted molar refractivity (Wildman–Crippen MR) is 73.2 cm³/mol. The summed E-state index contributed by atoms with van der Waals surface area (Å²) in [5.41, 5.74) is 3.62. The van der Waals surface area contributed by atoms with Crippen LogP contribution in [0.1, 0.15) is 35.6 Å². The number of nitrogens with one attached hydrogen (secondary N) is 1. The summed E-state index contributed by atoms with van der Waals surface area (Å²) in [5, 5.41) is 3.34. The van der Waals surface area contributed by atoms with E-state index < -0.39 is 0 Å². The first-order chi connectivity index (χ1) is 9.31. The molecule has 0 atom stereocenters. The molecule has 2 nitrogen and oxygen atoms in total. The van der Waals surface area contributed by atoms with Crippen LogP contribution in [0, 0.1) is 5.82 Å². The Morgan fingerprint density at radius 2 is 2.05 bits per heavy atom. The molecule has 98 valence electrons. The molecule has 1 N–H and O–H groups in total. The van der Waals surface area contributed by atoms with Crippen molar-refractivity contribution in [2.75, 3.05) is 0 Å². The van der Waals surface area contributed by atoms with E-state index >= 15 is 0 Å². The van der Waals surface area contributed by atoms with Gasteiger partial charge in [-0.2, -0.15) is 0 Å². The first-order valence-electron chi connectivity index (χ1n) is 6.71. The van der Waals surface area contributed by atoms with Gasteiger partial charge in [0.15, 0.2) is 0 Å². The van der Waals surface area contributed by atoms with Gasteiger partial charge in [-0.15, -0.1) is 0 Å².